The Morgan fingerprint density at radius 3 is 2.90 bits per heavy atom. The summed E-state index contributed by atoms with van der Waals surface area (Å²) in [5, 5.41) is 15.7. The van der Waals surface area contributed by atoms with Gasteiger partial charge in [0.05, 0.1) is 18.5 Å². The fourth-order valence-electron chi connectivity index (χ4n) is 3.08. The first-order valence-corrected chi connectivity index (χ1v) is 9.55. The molecule has 0 bridgehead atoms. The van der Waals surface area contributed by atoms with Gasteiger partial charge in [-0.1, -0.05) is 0 Å². The zero-order valence-electron chi connectivity index (χ0n) is 17.0. The third-order valence-corrected chi connectivity index (χ3v) is 4.44. The van der Waals surface area contributed by atoms with Crippen LogP contribution in [0.3, 0.4) is 0 Å². The van der Waals surface area contributed by atoms with E-state index in [0.717, 1.165) is 0 Å². The van der Waals surface area contributed by atoms with Crippen LogP contribution in [0.5, 0.6) is 11.5 Å². The molecular formula is C19H22FN7O4. The van der Waals surface area contributed by atoms with Crippen LogP contribution in [0.2, 0.25) is 0 Å². The number of amides is 2. The molecule has 0 spiro atoms. The molecule has 4 rings (SSSR count). The highest BCUT2D eigenvalue weighted by atomic mass is 19.1. The van der Waals surface area contributed by atoms with Crippen molar-refractivity contribution in [1.29, 1.82) is 0 Å². The van der Waals surface area contributed by atoms with E-state index in [1.165, 1.54) is 22.8 Å². The Kier molecular flexibility index (Phi) is 5.89. The summed E-state index contributed by atoms with van der Waals surface area (Å²) < 4.78 is 31.6. The van der Waals surface area contributed by atoms with Crippen molar-refractivity contribution in [3.8, 4) is 11.5 Å². The second-order valence-corrected chi connectivity index (χ2v) is 6.55. The van der Waals surface area contributed by atoms with Crippen LogP contribution in [0.25, 0.3) is 5.65 Å². The van der Waals surface area contributed by atoms with Crippen LogP contribution in [0.1, 0.15) is 0 Å². The van der Waals surface area contributed by atoms with E-state index in [1.807, 2.05) is 0 Å². The fourth-order valence-corrected chi connectivity index (χ4v) is 3.08. The first-order valence-electron chi connectivity index (χ1n) is 9.55. The number of hydrogen-bond donors (Lipinski definition) is 4. The Hall–Kier alpha value is -3.80. The summed E-state index contributed by atoms with van der Waals surface area (Å²) in [4.78, 5) is 16.6. The third kappa shape index (κ3) is 4.38. The van der Waals surface area contributed by atoms with E-state index in [4.69, 9.17) is 14.2 Å². The molecule has 1 aliphatic heterocycles. The van der Waals surface area contributed by atoms with Gasteiger partial charge in [0.2, 0.25) is 0 Å². The number of urea groups is 1. The predicted octanol–water partition coefficient (Wildman–Crippen LogP) is 2.19. The number of ether oxygens (including phenoxy) is 3. The van der Waals surface area contributed by atoms with Gasteiger partial charge in [0, 0.05) is 38.9 Å². The van der Waals surface area contributed by atoms with E-state index >= 15 is 0 Å². The molecule has 3 heterocycles. The number of carbonyl (C=O) groups excluding carboxylic acids is 1. The molecule has 0 saturated heterocycles. The molecule has 2 amide bonds. The minimum Gasteiger partial charge on any atom is -0.486 e. The summed E-state index contributed by atoms with van der Waals surface area (Å²) >= 11 is 0. The molecule has 0 aliphatic carbocycles. The van der Waals surface area contributed by atoms with Gasteiger partial charge in [-0.2, -0.15) is 9.61 Å². The molecule has 0 saturated carbocycles. The zero-order valence-corrected chi connectivity index (χ0v) is 17.0. The summed E-state index contributed by atoms with van der Waals surface area (Å²) in [6, 6.07) is 3.86. The van der Waals surface area contributed by atoms with Crippen molar-refractivity contribution in [2.45, 2.75) is 0 Å². The number of rotatable bonds is 7. The molecule has 0 fully saturated rings. The Morgan fingerprint density at radius 1 is 1.26 bits per heavy atom. The molecule has 11 nitrogen and oxygen atoms in total. The maximum absolute atomic E-state index is 14.1. The Morgan fingerprint density at radius 2 is 2.10 bits per heavy atom. The van der Waals surface area contributed by atoms with E-state index in [0.29, 0.717) is 66.5 Å². The Labute approximate surface area is 176 Å². The molecule has 0 unspecified atom stereocenters. The van der Waals surface area contributed by atoms with Crippen LogP contribution >= 0.6 is 0 Å². The lowest BCUT2D eigenvalue weighted by atomic mass is 10.2. The number of fused-ring (bicyclic) bond motifs is 2. The predicted molar refractivity (Wildman–Crippen MR) is 112 cm³/mol. The van der Waals surface area contributed by atoms with Gasteiger partial charge in [0.25, 0.3) is 0 Å². The van der Waals surface area contributed by atoms with Crippen molar-refractivity contribution >= 4 is 34.7 Å². The number of nitrogens with one attached hydrogen (secondary N) is 4. The van der Waals surface area contributed by atoms with Gasteiger partial charge in [-0.3, -0.25) is 0 Å². The molecule has 4 N–H and O–H groups in total. The van der Waals surface area contributed by atoms with Crippen molar-refractivity contribution in [2.24, 2.45) is 0 Å². The Bertz CT molecular complexity index is 1100. The van der Waals surface area contributed by atoms with Crippen LogP contribution in [-0.4, -0.2) is 61.2 Å². The second-order valence-electron chi connectivity index (χ2n) is 6.55. The van der Waals surface area contributed by atoms with Gasteiger partial charge >= 0.3 is 6.03 Å². The van der Waals surface area contributed by atoms with Crippen LogP contribution in [-0.2, 0) is 4.74 Å². The van der Waals surface area contributed by atoms with Crippen molar-refractivity contribution in [3.63, 3.8) is 0 Å². The molecule has 1 aromatic carbocycles. The number of benzene rings is 1. The lowest BCUT2D eigenvalue weighted by Crippen LogP contribution is -2.31. The van der Waals surface area contributed by atoms with E-state index in [9.17, 15) is 9.18 Å². The summed E-state index contributed by atoms with van der Waals surface area (Å²) in [6.07, 6.45) is 1.49. The average molecular weight is 431 g/mol. The van der Waals surface area contributed by atoms with E-state index in [2.05, 4.69) is 31.3 Å². The molecule has 2 aromatic heterocycles. The topological polar surface area (TPSA) is 123 Å². The first-order chi connectivity index (χ1) is 15.1. The monoisotopic (exact) mass is 431 g/mol. The number of aromatic nitrogens is 3. The van der Waals surface area contributed by atoms with E-state index in [-0.39, 0.29) is 0 Å². The minimum absolute atomic E-state index is 0.322. The molecular weight excluding hydrogens is 409 g/mol. The van der Waals surface area contributed by atoms with Gasteiger partial charge in [-0.25, -0.2) is 14.2 Å². The van der Waals surface area contributed by atoms with Gasteiger partial charge in [0.1, 0.15) is 36.4 Å². The molecule has 12 heteroatoms. The van der Waals surface area contributed by atoms with Crippen molar-refractivity contribution in [1.82, 2.24) is 19.9 Å². The standard InChI is InChI=1S/C19H22FN7O4/c1-21-16-9-15(24-12-7-11(20)8-14-17(12)31-6-5-30-14)26-18-13(10-23-27(16)18)25-19(28)22-3-4-29-2/h7-10,21H,3-6H2,1-2H3,(H,24,26)(H2,22,25,28). The second kappa shape index (κ2) is 8.92. The molecule has 1 aliphatic rings. The molecule has 164 valence electrons. The maximum atomic E-state index is 14.1. The van der Waals surface area contributed by atoms with Crippen LogP contribution in [0, 0.1) is 5.82 Å². The quantitative estimate of drug-likeness (QED) is 0.420. The summed E-state index contributed by atoms with van der Waals surface area (Å²) in [5.74, 6) is 1.25. The first kappa shape index (κ1) is 20.5. The van der Waals surface area contributed by atoms with Crippen molar-refractivity contribution in [3.05, 3.63) is 30.2 Å². The molecule has 0 radical (unpaired) electrons. The average Bonchev–Trinajstić information content (AvgIpc) is 3.16. The van der Waals surface area contributed by atoms with Crippen molar-refractivity contribution < 1.29 is 23.4 Å². The highest BCUT2D eigenvalue weighted by molar-refractivity contribution is 5.93. The normalized spacial score (nSPS) is 12.5. The zero-order chi connectivity index (χ0) is 21.8. The van der Waals surface area contributed by atoms with Gasteiger partial charge in [-0.15, -0.1) is 0 Å². The molecule has 31 heavy (non-hydrogen) atoms. The van der Waals surface area contributed by atoms with Gasteiger partial charge in [-0.05, 0) is 0 Å². The van der Waals surface area contributed by atoms with Crippen LogP contribution < -0.4 is 30.7 Å². The fraction of sp³-hybridized carbons (Fsp3) is 0.316. The summed E-state index contributed by atoms with van der Waals surface area (Å²) in [6.45, 7) is 1.45. The highest BCUT2D eigenvalue weighted by Gasteiger charge is 2.20. The van der Waals surface area contributed by atoms with Crippen LogP contribution in [0.4, 0.5) is 32.2 Å². The largest absolute Gasteiger partial charge is 0.486 e. The van der Waals surface area contributed by atoms with Gasteiger partial charge in [0.15, 0.2) is 17.1 Å². The number of hydrogen-bond acceptors (Lipinski definition) is 8. The van der Waals surface area contributed by atoms with E-state index in [1.54, 1.807) is 20.2 Å². The van der Waals surface area contributed by atoms with Gasteiger partial charge < -0.3 is 35.5 Å². The molecule has 3 aromatic rings. The third-order valence-electron chi connectivity index (χ3n) is 4.44. The number of methoxy groups -OCH3 is 1. The number of halogens is 1. The number of anilines is 4. The van der Waals surface area contributed by atoms with Crippen molar-refractivity contribution in [2.75, 3.05) is 56.5 Å². The lowest BCUT2D eigenvalue weighted by Gasteiger charge is -2.21. The van der Waals surface area contributed by atoms with Crippen LogP contribution in [0.15, 0.2) is 24.4 Å². The SMILES string of the molecule is CNc1cc(Nc2cc(F)cc3c2OCCO3)nc2c(NC(=O)NCCOC)cnn12. The smallest absolute Gasteiger partial charge is 0.319 e. The number of carbonyl (C=O) groups is 1. The maximum Gasteiger partial charge on any atom is 0.319 e. The summed E-state index contributed by atoms with van der Waals surface area (Å²) in [7, 11) is 3.28. The lowest BCUT2D eigenvalue weighted by molar-refractivity contribution is 0.172. The summed E-state index contributed by atoms with van der Waals surface area (Å²) in [5.41, 5.74) is 1.16. The molecule has 0 atom stereocenters. The number of nitrogens with zero attached hydrogens (tertiary/aromatic N) is 3. The van der Waals surface area contributed by atoms with E-state index < -0.39 is 11.8 Å². The minimum atomic E-state index is -0.471. The Balaban J connectivity index is 1.65. The highest BCUT2D eigenvalue weighted by Crippen LogP contribution is 2.40.